The van der Waals surface area contributed by atoms with Crippen LogP contribution in [-0.4, -0.2) is 47.4 Å². The van der Waals surface area contributed by atoms with Crippen LogP contribution in [0.3, 0.4) is 0 Å². The highest BCUT2D eigenvalue weighted by Crippen LogP contribution is 2.17. The van der Waals surface area contributed by atoms with E-state index >= 15 is 0 Å². The Kier molecular flexibility index (Phi) is 61.5. The van der Waals surface area contributed by atoms with E-state index in [1.54, 1.807) is 6.08 Å². The molecule has 6 nitrogen and oxygen atoms in total. The van der Waals surface area contributed by atoms with Gasteiger partial charge in [-0.3, -0.25) is 9.59 Å². The quantitative estimate of drug-likeness (QED) is 0.0320. The maximum Gasteiger partial charge on any atom is 0.305 e. The average molecular weight is 1040 g/mol. The van der Waals surface area contributed by atoms with Gasteiger partial charge in [0.2, 0.25) is 5.91 Å². The monoisotopic (exact) mass is 1040 g/mol. The van der Waals surface area contributed by atoms with E-state index < -0.39 is 12.1 Å². The molecule has 0 heterocycles. The van der Waals surface area contributed by atoms with Crippen LogP contribution in [0.2, 0.25) is 0 Å². The van der Waals surface area contributed by atoms with E-state index in [1.807, 2.05) is 6.08 Å². The molecule has 3 N–H and O–H groups in total. The summed E-state index contributed by atoms with van der Waals surface area (Å²) >= 11 is 0. The predicted octanol–water partition coefficient (Wildman–Crippen LogP) is 20.9. The molecule has 0 bridgehead atoms. The van der Waals surface area contributed by atoms with Gasteiger partial charge in [-0.1, -0.05) is 294 Å². The van der Waals surface area contributed by atoms with Gasteiger partial charge in [-0.2, -0.15) is 0 Å². The number of aliphatic hydroxyl groups excluding tert-OH is 2. The number of carbonyl (C=O) groups excluding carboxylic acids is 2. The fourth-order valence-corrected chi connectivity index (χ4v) is 10.0. The third-order valence-corrected chi connectivity index (χ3v) is 15.1. The number of ether oxygens (including phenoxy) is 1. The van der Waals surface area contributed by atoms with Gasteiger partial charge in [0.05, 0.1) is 25.4 Å². The Balaban J connectivity index is 3.38. The van der Waals surface area contributed by atoms with Gasteiger partial charge in [0.25, 0.3) is 0 Å². The van der Waals surface area contributed by atoms with Crippen molar-refractivity contribution < 1.29 is 24.5 Å². The Labute approximate surface area is 461 Å². The lowest BCUT2D eigenvalue weighted by Crippen LogP contribution is -2.45. The van der Waals surface area contributed by atoms with Crippen molar-refractivity contribution >= 4 is 11.9 Å². The second kappa shape index (κ2) is 63.4. The third-order valence-electron chi connectivity index (χ3n) is 15.1. The van der Waals surface area contributed by atoms with Crippen molar-refractivity contribution in [3.63, 3.8) is 0 Å². The first-order valence-electron chi connectivity index (χ1n) is 32.9. The van der Waals surface area contributed by atoms with Crippen molar-refractivity contribution in [2.45, 2.75) is 360 Å². The number of unbranched alkanes of at least 4 members (excludes halogenated alkanes) is 44. The van der Waals surface area contributed by atoms with Gasteiger partial charge >= 0.3 is 5.97 Å². The molecular weight excluding hydrogens is 911 g/mol. The molecule has 0 saturated carbocycles. The minimum Gasteiger partial charge on any atom is -0.466 e. The van der Waals surface area contributed by atoms with Crippen molar-refractivity contribution in [2.75, 3.05) is 13.2 Å². The molecule has 6 heteroatoms. The number of hydrogen-bond donors (Lipinski definition) is 3. The van der Waals surface area contributed by atoms with Crippen molar-refractivity contribution in [2.24, 2.45) is 0 Å². The molecule has 0 aliphatic rings. The van der Waals surface area contributed by atoms with E-state index in [4.69, 9.17) is 4.74 Å². The van der Waals surface area contributed by atoms with Gasteiger partial charge in [0, 0.05) is 12.8 Å². The van der Waals surface area contributed by atoms with Gasteiger partial charge in [0.15, 0.2) is 0 Å². The van der Waals surface area contributed by atoms with Crippen LogP contribution in [0, 0.1) is 0 Å². The highest BCUT2D eigenvalue weighted by Gasteiger charge is 2.18. The van der Waals surface area contributed by atoms with Crippen LogP contribution in [0.25, 0.3) is 0 Å². The Morgan fingerprint density at radius 2 is 0.676 bits per heavy atom. The Bertz CT molecular complexity index is 1240. The van der Waals surface area contributed by atoms with E-state index in [-0.39, 0.29) is 18.5 Å². The lowest BCUT2D eigenvalue weighted by molar-refractivity contribution is -0.143. The van der Waals surface area contributed by atoms with Crippen molar-refractivity contribution in [3.8, 4) is 0 Å². The first-order valence-corrected chi connectivity index (χ1v) is 32.9. The van der Waals surface area contributed by atoms with Gasteiger partial charge in [-0.25, -0.2) is 0 Å². The van der Waals surface area contributed by atoms with Crippen LogP contribution < -0.4 is 5.32 Å². The molecule has 434 valence electrons. The summed E-state index contributed by atoms with van der Waals surface area (Å²) in [6.07, 6.45) is 81.7. The first-order chi connectivity index (χ1) is 36.5. The molecule has 0 aromatic carbocycles. The minimum absolute atomic E-state index is 0.00125. The molecule has 0 fully saturated rings. The standard InChI is InChI=1S/C68H127NO5/c1-3-5-7-9-11-13-15-17-33-38-42-46-50-54-58-62-68(73)74-63-59-55-51-47-43-39-35-32-30-28-26-24-22-20-18-19-21-23-25-27-29-31-34-37-41-45-49-53-57-61-67(72)69-65(64-70)66(71)60-56-52-48-44-40-36-16-14-12-10-8-6-4-2/h11,13,17,28,30,33,56,60,65-66,70-71H,3-10,12,14-16,18-27,29,31-32,34-55,57-59,61-64H2,1-2H3,(H,69,72)/t65-,66+/m0/s1. The van der Waals surface area contributed by atoms with Crippen LogP contribution >= 0.6 is 0 Å². The van der Waals surface area contributed by atoms with Crippen LogP contribution in [0.5, 0.6) is 0 Å². The number of hydrogen-bond acceptors (Lipinski definition) is 5. The molecule has 0 rings (SSSR count). The summed E-state index contributed by atoms with van der Waals surface area (Å²) in [7, 11) is 0. The van der Waals surface area contributed by atoms with Gasteiger partial charge < -0.3 is 20.3 Å². The zero-order valence-electron chi connectivity index (χ0n) is 49.6. The molecule has 0 aliphatic carbocycles. The summed E-state index contributed by atoms with van der Waals surface area (Å²) in [6, 6.07) is -0.626. The van der Waals surface area contributed by atoms with E-state index in [0.717, 1.165) is 51.4 Å². The van der Waals surface area contributed by atoms with E-state index in [1.165, 1.54) is 270 Å². The number of rotatable bonds is 61. The third kappa shape index (κ3) is 59.1. The van der Waals surface area contributed by atoms with Gasteiger partial charge in [-0.05, 0) is 89.9 Å². The average Bonchev–Trinajstić information content (AvgIpc) is 3.40. The first kappa shape index (κ1) is 71.8. The van der Waals surface area contributed by atoms with E-state index in [9.17, 15) is 19.8 Å². The lowest BCUT2D eigenvalue weighted by atomic mass is 10.0. The summed E-state index contributed by atoms with van der Waals surface area (Å²) in [5.41, 5.74) is 0. The number of nitrogens with one attached hydrogen (secondary N) is 1. The van der Waals surface area contributed by atoms with Crippen LogP contribution in [0.4, 0.5) is 0 Å². The molecule has 0 aliphatic heterocycles. The molecule has 1 amide bonds. The Morgan fingerprint density at radius 3 is 1.07 bits per heavy atom. The van der Waals surface area contributed by atoms with Gasteiger partial charge in [-0.15, -0.1) is 0 Å². The molecule has 2 atom stereocenters. The summed E-state index contributed by atoms with van der Waals surface area (Å²) in [5, 5.41) is 23.1. The maximum absolute atomic E-state index is 12.5. The zero-order valence-corrected chi connectivity index (χ0v) is 49.6. The minimum atomic E-state index is -0.843. The van der Waals surface area contributed by atoms with Crippen LogP contribution in [-0.2, 0) is 14.3 Å². The second-order valence-electron chi connectivity index (χ2n) is 22.4. The van der Waals surface area contributed by atoms with E-state index in [0.29, 0.717) is 19.4 Å². The predicted molar refractivity (Wildman–Crippen MR) is 324 cm³/mol. The summed E-state index contributed by atoms with van der Waals surface area (Å²) < 4.78 is 5.48. The zero-order chi connectivity index (χ0) is 53.6. The van der Waals surface area contributed by atoms with Crippen LogP contribution in [0.15, 0.2) is 48.6 Å². The number of aliphatic hydroxyl groups is 2. The molecule has 0 aromatic heterocycles. The molecule has 0 aromatic rings. The van der Waals surface area contributed by atoms with Crippen molar-refractivity contribution in [1.82, 2.24) is 5.32 Å². The molecular formula is C68H127NO5. The molecule has 0 saturated heterocycles. The fourth-order valence-electron chi connectivity index (χ4n) is 10.0. The van der Waals surface area contributed by atoms with Crippen molar-refractivity contribution in [1.29, 1.82) is 0 Å². The molecule has 0 spiro atoms. The van der Waals surface area contributed by atoms with Crippen LogP contribution in [0.1, 0.15) is 348 Å². The Hall–Kier alpha value is -2.18. The summed E-state index contributed by atoms with van der Waals surface area (Å²) in [6.45, 7) is 4.88. The highest BCUT2D eigenvalue weighted by molar-refractivity contribution is 5.76. The fraction of sp³-hybridized carbons (Fsp3) is 0.853. The molecule has 74 heavy (non-hydrogen) atoms. The summed E-state index contributed by atoms with van der Waals surface area (Å²) in [4.78, 5) is 24.5. The smallest absolute Gasteiger partial charge is 0.305 e. The maximum atomic E-state index is 12.5. The summed E-state index contributed by atoms with van der Waals surface area (Å²) in [5.74, 6) is -0.0669. The van der Waals surface area contributed by atoms with Gasteiger partial charge in [0.1, 0.15) is 0 Å². The number of esters is 1. The topological polar surface area (TPSA) is 95.9 Å². The SMILES string of the molecule is CCCCCC=CCC=CCCCCCCCC(=O)OCCCCCCCCCC=CCCCCCCCCCCCCCCCCCCCCC(=O)N[C@@H](CO)[C@H](O)C=CCCCCCCCCCCCCC. The number of allylic oxidation sites excluding steroid dienone is 7. The Morgan fingerprint density at radius 1 is 0.378 bits per heavy atom. The largest absolute Gasteiger partial charge is 0.466 e. The second-order valence-corrected chi connectivity index (χ2v) is 22.4. The lowest BCUT2D eigenvalue weighted by Gasteiger charge is -2.20. The van der Waals surface area contributed by atoms with E-state index in [2.05, 4.69) is 55.6 Å². The normalized spacial score (nSPS) is 12.9. The molecule has 0 radical (unpaired) electrons. The molecule has 0 unspecified atom stereocenters. The highest BCUT2D eigenvalue weighted by atomic mass is 16.5. The number of amides is 1. The number of carbonyl (C=O) groups is 2. The van der Waals surface area contributed by atoms with Crippen molar-refractivity contribution in [3.05, 3.63) is 48.6 Å².